The number of para-hydroxylation sites is 1. The minimum atomic E-state index is 0.509. The fourth-order valence-electron chi connectivity index (χ4n) is 1.50. The van der Waals surface area contributed by atoms with Crippen molar-refractivity contribution in [1.29, 1.82) is 0 Å². The molecular weight excluding hydrogens is 214 g/mol. The quantitative estimate of drug-likeness (QED) is 0.797. The summed E-state index contributed by atoms with van der Waals surface area (Å²) in [4.78, 5) is 10.2. The van der Waals surface area contributed by atoms with E-state index in [2.05, 4.69) is 5.32 Å². The van der Waals surface area contributed by atoms with Crippen LogP contribution in [0.2, 0.25) is 0 Å². The Morgan fingerprint density at radius 3 is 2.53 bits per heavy atom. The second-order valence-corrected chi connectivity index (χ2v) is 3.56. The van der Waals surface area contributed by atoms with Gasteiger partial charge in [0.05, 0.1) is 0 Å². The maximum Gasteiger partial charge on any atom is 0.207 e. The van der Waals surface area contributed by atoms with Gasteiger partial charge in [0.25, 0.3) is 0 Å². The number of hydrogen-bond acceptors (Lipinski definition) is 2. The van der Waals surface area contributed by atoms with Crippen molar-refractivity contribution in [3.8, 4) is 11.5 Å². The zero-order chi connectivity index (χ0) is 11.9. The van der Waals surface area contributed by atoms with E-state index < -0.39 is 0 Å². The molecule has 3 nitrogen and oxygen atoms in total. The van der Waals surface area contributed by atoms with Gasteiger partial charge in [0.1, 0.15) is 11.5 Å². The van der Waals surface area contributed by atoms with Crippen molar-refractivity contribution in [2.24, 2.45) is 0 Å². The molecule has 2 aromatic carbocycles. The van der Waals surface area contributed by atoms with Gasteiger partial charge < -0.3 is 10.1 Å². The van der Waals surface area contributed by atoms with Gasteiger partial charge in [0.2, 0.25) is 6.41 Å². The fraction of sp³-hybridized carbons (Fsp3) is 0.0714. The summed E-state index contributed by atoms with van der Waals surface area (Å²) >= 11 is 0. The van der Waals surface area contributed by atoms with Crippen LogP contribution in [0.15, 0.2) is 54.6 Å². The number of amides is 1. The number of benzene rings is 2. The van der Waals surface area contributed by atoms with Crippen molar-refractivity contribution >= 4 is 6.41 Å². The smallest absolute Gasteiger partial charge is 0.207 e. The van der Waals surface area contributed by atoms with Crippen molar-refractivity contribution < 1.29 is 9.53 Å². The van der Waals surface area contributed by atoms with Crippen molar-refractivity contribution in [3.05, 3.63) is 60.2 Å². The van der Waals surface area contributed by atoms with Gasteiger partial charge in [-0.2, -0.15) is 0 Å². The van der Waals surface area contributed by atoms with E-state index in [1.807, 2.05) is 54.6 Å². The van der Waals surface area contributed by atoms with E-state index in [1.54, 1.807) is 0 Å². The second-order valence-electron chi connectivity index (χ2n) is 3.56. The van der Waals surface area contributed by atoms with E-state index in [1.165, 1.54) is 0 Å². The molecule has 0 saturated carbocycles. The summed E-state index contributed by atoms with van der Waals surface area (Å²) in [6.07, 6.45) is 0.685. The van der Waals surface area contributed by atoms with Gasteiger partial charge >= 0.3 is 0 Å². The summed E-state index contributed by atoms with van der Waals surface area (Å²) in [5.41, 5.74) is 1.01. The molecule has 0 aliphatic heterocycles. The van der Waals surface area contributed by atoms with Crippen LogP contribution >= 0.6 is 0 Å². The topological polar surface area (TPSA) is 38.3 Å². The molecule has 0 spiro atoms. The maximum atomic E-state index is 10.2. The Morgan fingerprint density at radius 1 is 1.00 bits per heavy atom. The molecule has 0 aliphatic rings. The molecule has 1 amide bonds. The van der Waals surface area contributed by atoms with E-state index in [0.29, 0.717) is 13.0 Å². The molecule has 2 aromatic rings. The standard InChI is InChI=1S/C14H13NO2/c16-11-15-10-12-5-4-8-14(9-12)17-13-6-2-1-3-7-13/h1-9,11H,10H2,(H,15,16). The van der Waals surface area contributed by atoms with Crippen LogP contribution in [0.1, 0.15) is 5.56 Å². The third kappa shape index (κ3) is 3.34. The number of nitrogens with one attached hydrogen (secondary N) is 1. The Morgan fingerprint density at radius 2 is 1.76 bits per heavy atom. The van der Waals surface area contributed by atoms with Crippen LogP contribution in [0.25, 0.3) is 0 Å². The Kier molecular flexibility index (Phi) is 3.76. The van der Waals surface area contributed by atoms with Gasteiger partial charge in [0, 0.05) is 6.54 Å². The summed E-state index contributed by atoms with van der Waals surface area (Å²) in [5, 5.41) is 2.62. The van der Waals surface area contributed by atoms with Crippen molar-refractivity contribution in [2.45, 2.75) is 6.54 Å². The first-order valence-corrected chi connectivity index (χ1v) is 5.37. The van der Waals surface area contributed by atoms with E-state index in [4.69, 9.17) is 4.74 Å². The van der Waals surface area contributed by atoms with Gasteiger partial charge in [0.15, 0.2) is 0 Å². The summed E-state index contributed by atoms with van der Waals surface area (Å²) in [6.45, 7) is 0.509. The molecule has 0 heterocycles. The highest BCUT2D eigenvalue weighted by molar-refractivity contribution is 5.46. The first-order chi connectivity index (χ1) is 8.38. The highest BCUT2D eigenvalue weighted by atomic mass is 16.5. The first kappa shape index (κ1) is 11.2. The van der Waals surface area contributed by atoms with Crippen LogP contribution < -0.4 is 10.1 Å². The van der Waals surface area contributed by atoms with Crippen molar-refractivity contribution in [3.63, 3.8) is 0 Å². The molecule has 0 atom stereocenters. The Labute approximate surface area is 100 Å². The van der Waals surface area contributed by atoms with Crippen LogP contribution in [0.3, 0.4) is 0 Å². The predicted octanol–water partition coefficient (Wildman–Crippen LogP) is 2.72. The Bertz CT molecular complexity index is 483. The number of rotatable bonds is 5. The predicted molar refractivity (Wildman–Crippen MR) is 65.9 cm³/mol. The van der Waals surface area contributed by atoms with Crippen molar-refractivity contribution in [2.75, 3.05) is 0 Å². The minimum Gasteiger partial charge on any atom is -0.457 e. The summed E-state index contributed by atoms with van der Waals surface area (Å²) in [5.74, 6) is 1.56. The Balaban J connectivity index is 2.08. The highest BCUT2D eigenvalue weighted by Crippen LogP contribution is 2.21. The van der Waals surface area contributed by atoms with Crippen LogP contribution in [-0.4, -0.2) is 6.41 Å². The lowest BCUT2D eigenvalue weighted by Crippen LogP contribution is -2.09. The number of carbonyl (C=O) groups is 1. The summed E-state index contributed by atoms with van der Waals surface area (Å²) < 4.78 is 5.68. The van der Waals surface area contributed by atoms with Crippen LogP contribution in [0.4, 0.5) is 0 Å². The number of carbonyl (C=O) groups excluding carboxylic acids is 1. The molecular formula is C14H13NO2. The first-order valence-electron chi connectivity index (χ1n) is 5.37. The van der Waals surface area contributed by atoms with Gasteiger partial charge in [-0.05, 0) is 29.8 Å². The van der Waals surface area contributed by atoms with E-state index in [0.717, 1.165) is 17.1 Å². The van der Waals surface area contributed by atoms with Gasteiger partial charge in [-0.1, -0.05) is 30.3 Å². The number of ether oxygens (including phenoxy) is 1. The average molecular weight is 227 g/mol. The lowest BCUT2D eigenvalue weighted by molar-refractivity contribution is -0.109. The molecule has 1 N–H and O–H groups in total. The zero-order valence-electron chi connectivity index (χ0n) is 9.30. The third-order valence-electron chi connectivity index (χ3n) is 2.27. The summed E-state index contributed by atoms with van der Waals surface area (Å²) in [7, 11) is 0. The molecule has 0 radical (unpaired) electrons. The average Bonchev–Trinajstić information content (AvgIpc) is 2.38. The minimum absolute atomic E-state index is 0.509. The normalized spacial score (nSPS) is 9.65. The van der Waals surface area contributed by atoms with Gasteiger partial charge in [-0.25, -0.2) is 0 Å². The molecule has 0 aromatic heterocycles. The zero-order valence-corrected chi connectivity index (χ0v) is 9.30. The van der Waals surface area contributed by atoms with Crippen LogP contribution in [-0.2, 0) is 11.3 Å². The van der Waals surface area contributed by atoms with Crippen molar-refractivity contribution in [1.82, 2.24) is 5.32 Å². The van der Waals surface area contributed by atoms with Gasteiger partial charge in [-0.3, -0.25) is 4.79 Å². The fourth-order valence-corrected chi connectivity index (χ4v) is 1.50. The molecule has 2 rings (SSSR count). The van der Waals surface area contributed by atoms with Crippen LogP contribution in [0.5, 0.6) is 11.5 Å². The largest absolute Gasteiger partial charge is 0.457 e. The molecule has 0 unspecified atom stereocenters. The second kappa shape index (κ2) is 5.70. The number of hydrogen-bond donors (Lipinski definition) is 1. The molecule has 0 bridgehead atoms. The third-order valence-corrected chi connectivity index (χ3v) is 2.27. The van der Waals surface area contributed by atoms with Gasteiger partial charge in [-0.15, -0.1) is 0 Å². The molecule has 0 saturated heterocycles. The molecule has 86 valence electrons. The molecule has 0 aliphatic carbocycles. The maximum absolute atomic E-state index is 10.2. The van der Waals surface area contributed by atoms with Crippen LogP contribution in [0, 0.1) is 0 Å². The SMILES string of the molecule is O=CNCc1cccc(Oc2ccccc2)c1. The van der Waals surface area contributed by atoms with E-state index >= 15 is 0 Å². The summed E-state index contributed by atoms with van der Waals surface area (Å²) in [6, 6.07) is 17.2. The monoisotopic (exact) mass is 227 g/mol. The highest BCUT2D eigenvalue weighted by Gasteiger charge is 1.98. The van der Waals surface area contributed by atoms with E-state index in [-0.39, 0.29) is 0 Å². The van der Waals surface area contributed by atoms with E-state index in [9.17, 15) is 4.79 Å². The molecule has 17 heavy (non-hydrogen) atoms. The lowest BCUT2D eigenvalue weighted by atomic mass is 10.2. The Hall–Kier alpha value is -2.29. The molecule has 3 heteroatoms. The molecule has 0 fully saturated rings. The lowest BCUT2D eigenvalue weighted by Gasteiger charge is -2.07.